The maximum absolute atomic E-state index is 5.56. The van der Waals surface area contributed by atoms with Gasteiger partial charge in [0, 0.05) is 24.3 Å². The Bertz CT molecular complexity index is 444. The van der Waals surface area contributed by atoms with Crippen LogP contribution in [0, 0.1) is 12.8 Å². The van der Waals surface area contributed by atoms with Crippen LogP contribution in [0.2, 0.25) is 0 Å². The predicted octanol–water partition coefficient (Wildman–Crippen LogP) is 2.40. The minimum Gasteiger partial charge on any atom is -0.478 e. The number of nitrogens with one attached hydrogen (secondary N) is 1. The van der Waals surface area contributed by atoms with Crippen LogP contribution in [-0.2, 0) is 0 Å². The van der Waals surface area contributed by atoms with Gasteiger partial charge >= 0.3 is 0 Å². The highest BCUT2D eigenvalue weighted by Crippen LogP contribution is 2.21. The molecular weight excluding hydrogens is 264 g/mol. The number of hydrogen-bond acceptors (Lipinski definition) is 5. The maximum Gasteiger partial charge on any atom is 0.229 e. The average Bonchev–Trinajstić information content (AvgIpc) is 2.45. The number of hydrogen-bond donors (Lipinski definition) is 1. The minimum atomic E-state index is 0.378. The van der Waals surface area contributed by atoms with Crippen LogP contribution in [-0.4, -0.2) is 42.3 Å². The van der Waals surface area contributed by atoms with Gasteiger partial charge in [0.2, 0.25) is 11.8 Å². The molecule has 0 spiro atoms. The molecule has 0 saturated carbocycles. The lowest BCUT2D eigenvalue weighted by Gasteiger charge is -2.33. The zero-order valence-corrected chi connectivity index (χ0v) is 13.7. The molecule has 1 aromatic rings. The highest BCUT2D eigenvalue weighted by Gasteiger charge is 2.21. The fraction of sp³-hybridized carbons (Fsp3) is 0.750. The monoisotopic (exact) mass is 292 g/mol. The van der Waals surface area contributed by atoms with E-state index < -0.39 is 0 Å². The Labute approximate surface area is 128 Å². The topological polar surface area (TPSA) is 50.3 Å². The van der Waals surface area contributed by atoms with Crippen LogP contribution in [0.15, 0.2) is 6.07 Å². The Kier molecular flexibility index (Phi) is 5.79. The highest BCUT2D eigenvalue weighted by atomic mass is 16.5. The molecule has 5 heteroatoms. The quantitative estimate of drug-likeness (QED) is 0.872. The van der Waals surface area contributed by atoms with Crippen molar-refractivity contribution >= 4 is 5.95 Å². The van der Waals surface area contributed by atoms with Crippen LogP contribution in [0.5, 0.6) is 5.88 Å². The van der Waals surface area contributed by atoms with Crippen molar-refractivity contribution in [1.82, 2.24) is 15.3 Å². The molecule has 0 aromatic carbocycles. The van der Waals surface area contributed by atoms with Gasteiger partial charge in [0.25, 0.3) is 0 Å². The summed E-state index contributed by atoms with van der Waals surface area (Å²) < 4.78 is 5.56. The molecule has 0 radical (unpaired) electrons. The lowest BCUT2D eigenvalue weighted by molar-refractivity contribution is 0.324. The van der Waals surface area contributed by atoms with Crippen molar-refractivity contribution < 1.29 is 4.74 Å². The second kappa shape index (κ2) is 7.59. The molecule has 1 atom stereocenters. The number of nitrogens with zero attached hydrogens (tertiary/aromatic N) is 3. The standard InChI is InChI=1S/C16H28N4O/c1-5-21-15-9-13(4)18-16(19-15)20(12(2)3)11-14-7-6-8-17-10-14/h9,12,14,17H,5-8,10-11H2,1-4H3. The van der Waals surface area contributed by atoms with Crippen molar-refractivity contribution in [3.63, 3.8) is 0 Å². The second-order valence-corrected chi connectivity index (χ2v) is 6.04. The van der Waals surface area contributed by atoms with E-state index in [2.05, 4.69) is 34.0 Å². The highest BCUT2D eigenvalue weighted by molar-refractivity contribution is 5.35. The SMILES string of the molecule is CCOc1cc(C)nc(N(CC2CCCNC2)C(C)C)n1. The van der Waals surface area contributed by atoms with Gasteiger partial charge in [0.05, 0.1) is 6.61 Å². The van der Waals surface area contributed by atoms with Crippen LogP contribution in [0.3, 0.4) is 0 Å². The zero-order chi connectivity index (χ0) is 15.2. The Hall–Kier alpha value is -1.36. The molecular formula is C16H28N4O. The van der Waals surface area contributed by atoms with E-state index in [1.54, 1.807) is 0 Å². The summed E-state index contributed by atoms with van der Waals surface area (Å²) in [6.07, 6.45) is 2.54. The largest absolute Gasteiger partial charge is 0.478 e. The van der Waals surface area contributed by atoms with E-state index in [4.69, 9.17) is 4.74 Å². The van der Waals surface area contributed by atoms with Gasteiger partial charge in [-0.3, -0.25) is 0 Å². The van der Waals surface area contributed by atoms with E-state index in [9.17, 15) is 0 Å². The first kappa shape index (κ1) is 16.0. The second-order valence-electron chi connectivity index (χ2n) is 6.04. The van der Waals surface area contributed by atoms with E-state index in [1.165, 1.54) is 12.8 Å². The third kappa shape index (κ3) is 4.56. The van der Waals surface area contributed by atoms with E-state index in [0.29, 0.717) is 24.4 Å². The Morgan fingerprint density at radius 3 is 2.86 bits per heavy atom. The number of anilines is 1. The van der Waals surface area contributed by atoms with Gasteiger partial charge in [0.15, 0.2) is 0 Å². The fourth-order valence-corrected chi connectivity index (χ4v) is 2.76. The summed E-state index contributed by atoms with van der Waals surface area (Å²) in [7, 11) is 0. The molecule has 1 aliphatic heterocycles. The summed E-state index contributed by atoms with van der Waals surface area (Å²) in [4.78, 5) is 11.5. The summed E-state index contributed by atoms with van der Waals surface area (Å²) in [5.74, 6) is 2.13. The fourth-order valence-electron chi connectivity index (χ4n) is 2.76. The molecule has 1 aromatic heterocycles. The third-order valence-electron chi connectivity index (χ3n) is 3.85. The number of ether oxygens (including phenoxy) is 1. The molecule has 2 heterocycles. The van der Waals surface area contributed by atoms with Gasteiger partial charge in [-0.05, 0) is 59.5 Å². The molecule has 2 rings (SSSR count). The van der Waals surface area contributed by atoms with Gasteiger partial charge in [-0.15, -0.1) is 0 Å². The normalized spacial score (nSPS) is 18.8. The minimum absolute atomic E-state index is 0.378. The smallest absolute Gasteiger partial charge is 0.229 e. The Balaban J connectivity index is 2.16. The number of piperidine rings is 1. The molecule has 21 heavy (non-hydrogen) atoms. The summed E-state index contributed by atoms with van der Waals surface area (Å²) >= 11 is 0. The molecule has 118 valence electrons. The first-order chi connectivity index (χ1) is 10.1. The van der Waals surface area contributed by atoms with Crippen molar-refractivity contribution in [2.24, 2.45) is 5.92 Å². The number of aromatic nitrogens is 2. The lowest BCUT2D eigenvalue weighted by atomic mass is 9.99. The predicted molar refractivity (Wildman–Crippen MR) is 86.0 cm³/mol. The van der Waals surface area contributed by atoms with Crippen molar-refractivity contribution in [2.45, 2.75) is 46.6 Å². The van der Waals surface area contributed by atoms with Gasteiger partial charge in [-0.2, -0.15) is 4.98 Å². The van der Waals surface area contributed by atoms with E-state index >= 15 is 0 Å². The number of rotatable bonds is 6. The van der Waals surface area contributed by atoms with Crippen molar-refractivity contribution in [3.8, 4) is 5.88 Å². The summed E-state index contributed by atoms with van der Waals surface area (Å²) in [6.45, 7) is 12.2. The molecule has 1 saturated heterocycles. The van der Waals surface area contributed by atoms with Crippen LogP contribution < -0.4 is 15.0 Å². The zero-order valence-electron chi connectivity index (χ0n) is 13.7. The molecule has 1 fully saturated rings. The van der Waals surface area contributed by atoms with Gasteiger partial charge < -0.3 is 15.0 Å². The van der Waals surface area contributed by atoms with Gasteiger partial charge in [-0.1, -0.05) is 0 Å². The van der Waals surface area contributed by atoms with Gasteiger partial charge in [0.1, 0.15) is 0 Å². The van der Waals surface area contributed by atoms with Gasteiger partial charge in [-0.25, -0.2) is 4.98 Å². The molecule has 1 aliphatic rings. The molecule has 1 unspecified atom stereocenters. The third-order valence-corrected chi connectivity index (χ3v) is 3.85. The van der Waals surface area contributed by atoms with Crippen LogP contribution in [0.4, 0.5) is 5.95 Å². The van der Waals surface area contributed by atoms with Crippen molar-refractivity contribution in [3.05, 3.63) is 11.8 Å². The molecule has 5 nitrogen and oxygen atoms in total. The lowest BCUT2D eigenvalue weighted by Crippen LogP contribution is -2.42. The van der Waals surface area contributed by atoms with E-state index in [0.717, 1.165) is 31.3 Å². The number of aryl methyl sites for hydroxylation is 1. The average molecular weight is 292 g/mol. The Morgan fingerprint density at radius 1 is 1.43 bits per heavy atom. The molecule has 0 aliphatic carbocycles. The molecule has 0 bridgehead atoms. The summed E-state index contributed by atoms with van der Waals surface area (Å²) in [6, 6.07) is 2.27. The van der Waals surface area contributed by atoms with E-state index in [1.807, 2.05) is 19.9 Å². The van der Waals surface area contributed by atoms with Crippen LogP contribution in [0.25, 0.3) is 0 Å². The maximum atomic E-state index is 5.56. The Morgan fingerprint density at radius 2 is 2.24 bits per heavy atom. The van der Waals surface area contributed by atoms with Crippen molar-refractivity contribution in [1.29, 1.82) is 0 Å². The van der Waals surface area contributed by atoms with Crippen molar-refractivity contribution in [2.75, 3.05) is 31.1 Å². The first-order valence-electron chi connectivity index (χ1n) is 8.06. The summed E-state index contributed by atoms with van der Waals surface area (Å²) in [5.41, 5.74) is 0.955. The van der Waals surface area contributed by atoms with Crippen LogP contribution in [0.1, 0.15) is 39.3 Å². The summed E-state index contributed by atoms with van der Waals surface area (Å²) in [5, 5.41) is 3.48. The molecule has 1 N–H and O–H groups in total. The van der Waals surface area contributed by atoms with Crippen LogP contribution >= 0.6 is 0 Å². The first-order valence-corrected chi connectivity index (χ1v) is 8.06. The van der Waals surface area contributed by atoms with E-state index in [-0.39, 0.29) is 0 Å². The molecule has 0 amide bonds.